The van der Waals surface area contributed by atoms with Gasteiger partial charge in [-0.05, 0) is 24.6 Å². The molecule has 30 heavy (non-hydrogen) atoms. The van der Waals surface area contributed by atoms with Crippen LogP contribution >= 0.6 is 23.4 Å². The van der Waals surface area contributed by atoms with E-state index < -0.39 is 5.69 Å². The lowest BCUT2D eigenvalue weighted by Crippen LogP contribution is -2.37. The SMILES string of the molecule is Cc1c(SCc2cc(-c3ccc(Cl)cc3)no2)[nH]c(=O)n(Cc2ccccc2)c1=O. The number of benzene rings is 2. The van der Waals surface area contributed by atoms with Crippen molar-refractivity contribution in [2.75, 3.05) is 0 Å². The molecule has 0 spiro atoms. The Morgan fingerprint density at radius 2 is 1.83 bits per heavy atom. The summed E-state index contributed by atoms with van der Waals surface area (Å²) in [5.74, 6) is 1.07. The minimum atomic E-state index is -0.434. The molecule has 0 saturated carbocycles. The molecular formula is C22H18ClN3O3S. The van der Waals surface area contributed by atoms with Gasteiger partial charge in [0.05, 0.1) is 17.3 Å². The third kappa shape index (κ3) is 4.42. The van der Waals surface area contributed by atoms with E-state index in [-0.39, 0.29) is 12.1 Å². The van der Waals surface area contributed by atoms with Crippen molar-refractivity contribution >= 4 is 23.4 Å². The Morgan fingerprint density at radius 3 is 2.57 bits per heavy atom. The number of thioether (sulfide) groups is 1. The Morgan fingerprint density at radius 1 is 1.10 bits per heavy atom. The normalized spacial score (nSPS) is 11.0. The van der Waals surface area contributed by atoms with Crippen molar-refractivity contribution in [2.24, 2.45) is 0 Å². The van der Waals surface area contributed by atoms with Crippen molar-refractivity contribution < 1.29 is 4.52 Å². The number of aromatic nitrogens is 3. The Labute approximate surface area is 181 Å². The van der Waals surface area contributed by atoms with Gasteiger partial charge < -0.3 is 9.51 Å². The van der Waals surface area contributed by atoms with Crippen LogP contribution in [0.15, 0.2) is 79.8 Å². The van der Waals surface area contributed by atoms with Gasteiger partial charge in [0.25, 0.3) is 5.56 Å². The summed E-state index contributed by atoms with van der Waals surface area (Å²) in [4.78, 5) is 28.0. The fourth-order valence-electron chi connectivity index (χ4n) is 2.99. The summed E-state index contributed by atoms with van der Waals surface area (Å²) in [6.07, 6.45) is 0. The first-order valence-corrected chi connectivity index (χ1v) is 10.6. The summed E-state index contributed by atoms with van der Waals surface area (Å²) in [6, 6.07) is 18.6. The number of hydrogen-bond donors (Lipinski definition) is 1. The molecule has 2 aromatic heterocycles. The maximum atomic E-state index is 12.7. The van der Waals surface area contributed by atoms with Crippen LogP contribution in [0.1, 0.15) is 16.9 Å². The molecule has 4 rings (SSSR count). The molecular weight excluding hydrogens is 422 g/mol. The standard InChI is InChI=1S/C22H18ClN3O3S/c1-14-20(24-22(28)26(21(14)27)12-15-5-3-2-4-6-15)30-13-18-11-19(25-29-18)16-7-9-17(23)10-8-16/h2-11H,12-13H2,1H3,(H,24,28). The average molecular weight is 440 g/mol. The molecule has 0 saturated heterocycles. The molecule has 0 aliphatic carbocycles. The van der Waals surface area contributed by atoms with E-state index in [1.165, 1.54) is 16.3 Å². The van der Waals surface area contributed by atoms with Gasteiger partial charge in [0.2, 0.25) is 0 Å². The zero-order valence-electron chi connectivity index (χ0n) is 16.1. The zero-order chi connectivity index (χ0) is 21.1. The Hall–Kier alpha value is -3.03. The molecule has 152 valence electrons. The smallest absolute Gasteiger partial charge is 0.329 e. The average Bonchev–Trinajstić information content (AvgIpc) is 3.23. The second kappa shape index (κ2) is 8.77. The van der Waals surface area contributed by atoms with Crippen molar-refractivity contribution in [1.82, 2.24) is 14.7 Å². The van der Waals surface area contributed by atoms with Crippen molar-refractivity contribution in [2.45, 2.75) is 24.2 Å². The third-order valence-electron chi connectivity index (χ3n) is 4.61. The Bertz CT molecular complexity index is 1280. The highest BCUT2D eigenvalue weighted by Crippen LogP contribution is 2.26. The molecule has 0 atom stereocenters. The van der Waals surface area contributed by atoms with Gasteiger partial charge in [0, 0.05) is 22.2 Å². The monoisotopic (exact) mass is 439 g/mol. The molecule has 2 aromatic carbocycles. The van der Waals surface area contributed by atoms with E-state index in [0.717, 1.165) is 11.1 Å². The van der Waals surface area contributed by atoms with Crippen LogP contribution in [0.4, 0.5) is 0 Å². The van der Waals surface area contributed by atoms with Crippen molar-refractivity contribution in [3.05, 3.63) is 103 Å². The highest BCUT2D eigenvalue weighted by molar-refractivity contribution is 7.98. The highest BCUT2D eigenvalue weighted by Gasteiger charge is 2.13. The first-order valence-electron chi connectivity index (χ1n) is 9.23. The van der Waals surface area contributed by atoms with Gasteiger partial charge in [-0.15, -0.1) is 0 Å². The van der Waals surface area contributed by atoms with E-state index in [9.17, 15) is 9.59 Å². The van der Waals surface area contributed by atoms with Gasteiger partial charge in [0.15, 0.2) is 0 Å². The van der Waals surface area contributed by atoms with Gasteiger partial charge in [-0.3, -0.25) is 9.36 Å². The topological polar surface area (TPSA) is 80.9 Å². The molecule has 0 aliphatic rings. The number of nitrogens with one attached hydrogen (secondary N) is 1. The number of halogens is 1. The second-order valence-electron chi connectivity index (χ2n) is 6.74. The minimum absolute atomic E-state index is 0.230. The summed E-state index contributed by atoms with van der Waals surface area (Å²) in [5, 5.41) is 5.26. The van der Waals surface area contributed by atoms with Gasteiger partial charge >= 0.3 is 5.69 Å². The molecule has 0 unspecified atom stereocenters. The molecule has 0 bridgehead atoms. The highest BCUT2D eigenvalue weighted by atomic mass is 35.5. The molecule has 0 aliphatic heterocycles. The summed E-state index contributed by atoms with van der Waals surface area (Å²) in [6.45, 7) is 1.94. The number of H-pyrrole nitrogens is 1. The number of rotatable bonds is 6. The number of hydrogen-bond acceptors (Lipinski definition) is 5. The quantitative estimate of drug-likeness (QED) is 0.353. The third-order valence-corrected chi connectivity index (χ3v) is 5.99. The predicted molar refractivity (Wildman–Crippen MR) is 118 cm³/mol. The number of nitrogens with zero attached hydrogens (tertiary/aromatic N) is 2. The molecule has 2 heterocycles. The van der Waals surface area contributed by atoms with Crippen LogP contribution in [0.25, 0.3) is 11.3 Å². The lowest BCUT2D eigenvalue weighted by molar-refractivity contribution is 0.397. The van der Waals surface area contributed by atoms with Crippen LogP contribution in [0.5, 0.6) is 0 Å². The fourth-order valence-corrected chi connectivity index (χ4v) is 4.00. The zero-order valence-corrected chi connectivity index (χ0v) is 17.7. The van der Waals surface area contributed by atoms with Gasteiger partial charge in [-0.25, -0.2) is 4.79 Å². The van der Waals surface area contributed by atoms with E-state index >= 15 is 0 Å². The van der Waals surface area contributed by atoms with Crippen molar-refractivity contribution in [3.8, 4) is 11.3 Å². The predicted octanol–water partition coefficient (Wildman–Crippen LogP) is 4.49. The second-order valence-corrected chi connectivity index (χ2v) is 8.16. The summed E-state index contributed by atoms with van der Waals surface area (Å²) >= 11 is 7.25. The maximum Gasteiger partial charge on any atom is 0.329 e. The minimum Gasteiger partial charge on any atom is -0.360 e. The Balaban J connectivity index is 1.51. The lowest BCUT2D eigenvalue weighted by Gasteiger charge is -2.09. The molecule has 6 nitrogen and oxygen atoms in total. The van der Waals surface area contributed by atoms with E-state index in [0.29, 0.717) is 32.8 Å². The largest absolute Gasteiger partial charge is 0.360 e. The fraction of sp³-hybridized carbons (Fsp3) is 0.136. The number of aromatic amines is 1. The summed E-state index contributed by atoms with van der Waals surface area (Å²) < 4.78 is 6.61. The molecule has 0 fully saturated rings. The van der Waals surface area contributed by atoms with Crippen LogP contribution in [-0.2, 0) is 12.3 Å². The van der Waals surface area contributed by atoms with Crippen molar-refractivity contribution in [3.63, 3.8) is 0 Å². The van der Waals surface area contributed by atoms with Gasteiger partial charge in [-0.2, -0.15) is 0 Å². The van der Waals surface area contributed by atoms with E-state index in [2.05, 4.69) is 10.1 Å². The molecule has 0 amide bonds. The lowest BCUT2D eigenvalue weighted by atomic mass is 10.1. The van der Waals surface area contributed by atoms with Crippen LogP contribution < -0.4 is 11.2 Å². The first kappa shape index (κ1) is 20.3. The van der Waals surface area contributed by atoms with Crippen LogP contribution in [0.3, 0.4) is 0 Å². The summed E-state index contributed by atoms with van der Waals surface area (Å²) in [7, 11) is 0. The van der Waals surface area contributed by atoms with Gasteiger partial charge in [0.1, 0.15) is 11.5 Å². The van der Waals surface area contributed by atoms with Crippen LogP contribution in [0.2, 0.25) is 5.02 Å². The molecule has 1 N–H and O–H groups in total. The van der Waals surface area contributed by atoms with E-state index in [1.807, 2.05) is 48.5 Å². The van der Waals surface area contributed by atoms with E-state index in [4.69, 9.17) is 16.1 Å². The van der Waals surface area contributed by atoms with Crippen molar-refractivity contribution in [1.29, 1.82) is 0 Å². The van der Waals surface area contributed by atoms with Gasteiger partial charge in [-0.1, -0.05) is 71.0 Å². The Kier molecular flexibility index (Phi) is 5.92. The molecule has 0 radical (unpaired) electrons. The first-order chi connectivity index (χ1) is 14.5. The van der Waals surface area contributed by atoms with E-state index in [1.54, 1.807) is 19.1 Å². The maximum absolute atomic E-state index is 12.7. The van der Waals surface area contributed by atoms with Crippen LogP contribution in [0, 0.1) is 6.92 Å². The summed E-state index contributed by atoms with van der Waals surface area (Å²) in [5.41, 5.74) is 2.24. The molecule has 4 aromatic rings. The van der Waals surface area contributed by atoms with Crippen LogP contribution in [-0.4, -0.2) is 14.7 Å². The molecule has 8 heteroatoms.